The van der Waals surface area contributed by atoms with Gasteiger partial charge in [-0.3, -0.25) is 4.79 Å². The van der Waals surface area contributed by atoms with Gasteiger partial charge in [-0.05, 0) is 48.6 Å². The number of anilines is 1. The third-order valence-corrected chi connectivity index (χ3v) is 4.69. The quantitative estimate of drug-likeness (QED) is 0.906. The number of hydrogen-bond acceptors (Lipinski definition) is 3. The van der Waals surface area contributed by atoms with Gasteiger partial charge in [-0.25, -0.2) is 4.98 Å². The fourth-order valence-corrected chi connectivity index (χ4v) is 3.23. The zero-order valence-corrected chi connectivity index (χ0v) is 14.2. The Balaban J connectivity index is 1.71. The van der Waals surface area contributed by atoms with E-state index in [4.69, 9.17) is 5.73 Å². The van der Waals surface area contributed by atoms with Gasteiger partial charge in [-0.2, -0.15) is 13.2 Å². The summed E-state index contributed by atoms with van der Waals surface area (Å²) in [6.07, 6.45) is -0.899. The van der Waals surface area contributed by atoms with Crippen LogP contribution in [0.3, 0.4) is 0 Å². The van der Waals surface area contributed by atoms with E-state index in [1.807, 2.05) is 6.07 Å². The van der Waals surface area contributed by atoms with E-state index >= 15 is 0 Å². The third kappa shape index (κ3) is 4.33. The van der Waals surface area contributed by atoms with Crippen LogP contribution in [0.5, 0.6) is 0 Å². The number of halogens is 3. The summed E-state index contributed by atoms with van der Waals surface area (Å²) in [5, 5.41) is 0. The number of nitrogens with two attached hydrogens (primary N) is 1. The van der Waals surface area contributed by atoms with Crippen molar-refractivity contribution < 1.29 is 18.0 Å². The Morgan fingerprint density at radius 2 is 1.85 bits per heavy atom. The molecule has 138 valence electrons. The number of hydrogen-bond donors (Lipinski definition) is 1. The topological polar surface area (TPSA) is 59.2 Å². The number of piperidine rings is 1. The predicted molar refractivity (Wildman–Crippen MR) is 92.6 cm³/mol. The van der Waals surface area contributed by atoms with Gasteiger partial charge in [0.2, 0.25) is 5.91 Å². The lowest BCUT2D eigenvalue weighted by Crippen LogP contribution is -2.38. The van der Waals surface area contributed by atoms with Crippen LogP contribution in [0.1, 0.15) is 29.5 Å². The number of rotatable bonds is 4. The van der Waals surface area contributed by atoms with E-state index in [-0.39, 0.29) is 11.8 Å². The summed E-state index contributed by atoms with van der Waals surface area (Å²) < 4.78 is 38.6. The molecule has 3 rings (SSSR count). The van der Waals surface area contributed by atoms with E-state index in [0.717, 1.165) is 17.4 Å². The minimum absolute atomic E-state index is 0.0976. The van der Waals surface area contributed by atoms with E-state index in [0.29, 0.717) is 37.9 Å². The second-order valence-electron chi connectivity index (χ2n) is 6.56. The Bertz CT molecular complexity index is 784. The molecule has 0 atom stereocenters. The number of pyridine rings is 1. The van der Waals surface area contributed by atoms with Gasteiger partial charge in [0.25, 0.3) is 0 Å². The lowest BCUT2D eigenvalue weighted by molar-refractivity contribution is -0.137. The molecule has 2 N–H and O–H groups in total. The first kappa shape index (κ1) is 18.2. The number of nitrogens with zero attached hydrogens (tertiary/aromatic N) is 2. The normalized spacial score (nSPS) is 15.9. The molecule has 1 aromatic heterocycles. The molecule has 2 heterocycles. The summed E-state index contributed by atoms with van der Waals surface area (Å²) in [6, 6.07) is 9.07. The van der Waals surface area contributed by atoms with Crippen molar-refractivity contribution in [3.8, 4) is 0 Å². The van der Waals surface area contributed by atoms with Crippen LogP contribution in [0, 0.1) is 5.92 Å². The molecule has 1 amide bonds. The highest BCUT2D eigenvalue weighted by Crippen LogP contribution is 2.30. The van der Waals surface area contributed by atoms with Crippen LogP contribution in [0.2, 0.25) is 0 Å². The first-order valence-electron chi connectivity index (χ1n) is 8.48. The molecular weight excluding hydrogens is 343 g/mol. The molecule has 0 spiro atoms. The molecule has 0 saturated carbocycles. The maximum Gasteiger partial charge on any atom is 0.416 e. The highest BCUT2D eigenvalue weighted by atomic mass is 19.4. The lowest BCUT2D eigenvalue weighted by atomic mass is 9.96. The molecule has 0 bridgehead atoms. The molecule has 0 aliphatic carbocycles. The highest BCUT2D eigenvalue weighted by Gasteiger charge is 2.30. The monoisotopic (exact) mass is 363 g/mol. The SMILES string of the molecule is NC(=O)C1CCN(c2cc(Cc3cccc(C(F)(F)F)c3)ccn2)CC1. The van der Waals surface area contributed by atoms with Gasteiger partial charge < -0.3 is 10.6 Å². The number of benzene rings is 1. The summed E-state index contributed by atoms with van der Waals surface area (Å²) >= 11 is 0. The van der Waals surface area contributed by atoms with Crippen LogP contribution in [-0.2, 0) is 17.4 Å². The van der Waals surface area contributed by atoms with Crippen molar-refractivity contribution in [2.75, 3.05) is 18.0 Å². The Labute approximate surface area is 149 Å². The summed E-state index contributed by atoms with van der Waals surface area (Å²) in [6.45, 7) is 1.38. The van der Waals surface area contributed by atoms with E-state index in [1.165, 1.54) is 12.1 Å². The molecule has 2 aromatic rings. The largest absolute Gasteiger partial charge is 0.416 e. The van der Waals surface area contributed by atoms with Gasteiger partial charge in [0, 0.05) is 25.2 Å². The van der Waals surface area contributed by atoms with Gasteiger partial charge in [0.05, 0.1) is 5.56 Å². The van der Waals surface area contributed by atoms with Crippen LogP contribution in [0.4, 0.5) is 19.0 Å². The van der Waals surface area contributed by atoms with Crippen LogP contribution in [0.25, 0.3) is 0 Å². The molecule has 1 aliphatic rings. The third-order valence-electron chi connectivity index (χ3n) is 4.69. The first-order chi connectivity index (χ1) is 12.3. The van der Waals surface area contributed by atoms with E-state index in [2.05, 4.69) is 9.88 Å². The molecule has 1 aliphatic heterocycles. The average molecular weight is 363 g/mol. The van der Waals surface area contributed by atoms with E-state index in [9.17, 15) is 18.0 Å². The second-order valence-corrected chi connectivity index (χ2v) is 6.56. The van der Waals surface area contributed by atoms with Crippen molar-refractivity contribution in [1.82, 2.24) is 4.98 Å². The minimum Gasteiger partial charge on any atom is -0.369 e. The van der Waals surface area contributed by atoms with Gasteiger partial charge >= 0.3 is 6.18 Å². The molecule has 1 aromatic carbocycles. The summed E-state index contributed by atoms with van der Waals surface area (Å²) in [5.41, 5.74) is 6.21. The van der Waals surface area contributed by atoms with Gasteiger partial charge in [0.15, 0.2) is 0 Å². The van der Waals surface area contributed by atoms with Crippen LogP contribution in [-0.4, -0.2) is 24.0 Å². The Morgan fingerprint density at radius 1 is 1.15 bits per heavy atom. The van der Waals surface area contributed by atoms with Crippen LogP contribution in [0.15, 0.2) is 42.6 Å². The number of amides is 1. The van der Waals surface area contributed by atoms with Crippen molar-refractivity contribution in [3.63, 3.8) is 0 Å². The van der Waals surface area contributed by atoms with Crippen molar-refractivity contribution in [1.29, 1.82) is 0 Å². The van der Waals surface area contributed by atoms with Crippen LogP contribution >= 0.6 is 0 Å². The van der Waals surface area contributed by atoms with E-state index in [1.54, 1.807) is 18.3 Å². The zero-order valence-electron chi connectivity index (χ0n) is 14.2. The van der Waals surface area contributed by atoms with Crippen molar-refractivity contribution >= 4 is 11.7 Å². The lowest BCUT2D eigenvalue weighted by Gasteiger charge is -2.31. The predicted octanol–water partition coefficient (Wildman–Crippen LogP) is 3.39. The molecule has 1 saturated heterocycles. The van der Waals surface area contributed by atoms with Crippen LogP contribution < -0.4 is 10.6 Å². The molecule has 0 radical (unpaired) electrons. The standard InChI is InChI=1S/C19H20F3N3O/c20-19(21,22)16-3-1-2-13(11-16)10-14-4-7-24-17(12-14)25-8-5-15(6-9-25)18(23)26/h1-4,7,11-12,15H,5-6,8-10H2,(H2,23,26). The minimum atomic E-state index is -4.34. The molecule has 26 heavy (non-hydrogen) atoms. The Kier molecular flexibility index (Phi) is 5.15. The molecular formula is C19H20F3N3O. The first-order valence-corrected chi connectivity index (χ1v) is 8.48. The molecule has 1 fully saturated rings. The Hall–Kier alpha value is -2.57. The number of primary amides is 1. The summed E-state index contributed by atoms with van der Waals surface area (Å²) in [7, 11) is 0. The fourth-order valence-electron chi connectivity index (χ4n) is 3.23. The number of carbonyl (C=O) groups is 1. The van der Waals surface area contributed by atoms with Crippen molar-refractivity contribution in [2.24, 2.45) is 11.7 Å². The zero-order chi connectivity index (χ0) is 18.7. The van der Waals surface area contributed by atoms with E-state index < -0.39 is 11.7 Å². The maximum absolute atomic E-state index is 12.9. The summed E-state index contributed by atoms with van der Waals surface area (Å²) in [5.74, 6) is 0.410. The smallest absolute Gasteiger partial charge is 0.369 e. The Morgan fingerprint density at radius 3 is 2.50 bits per heavy atom. The van der Waals surface area contributed by atoms with Gasteiger partial charge in [-0.1, -0.05) is 18.2 Å². The average Bonchev–Trinajstić information content (AvgIpc) is 2.61. The number of carbonyl (C=O) groups excluding carboxylic acids is 1. The maximum atomic E-state index is 12.9. The van der Waals surface area contributed by atoms with Crippen molar-refractivity contribution in [2.45, 2.75) is 25.4 Å². The fraction of sp³-hybridized carbons (Fsp3) is 0.368. The molecule has 0 unspecified atom stereocenters. The molecule has 7 heteroatoms. The summed E-state index contributed by atoms with van der Waals surface area (Å²) in [4.78, 5) is 17.7. The van der Waals surface area contributed by atoms with Crippen molar-refractivity contribution in [3.05, 3.63) is 59.3 Å². The number of alkyl halides is 3. The number of aromatic nitrogens is 1. The van der Waals surface area contributed by atoms with Gasteiger partial charge in [0.1, 0.15) is 5.82 Å². The molecule has 4 nitrogen and oxygen atoms in total. The second kappa shape index (κ2) is 7.35. The highest BCUT2D eigenvalue weighted by molar-refractivity contribution is 5.77. The van der Waals surface area contributed by atoms with Gasteiger partial charge in [-0.15, -0.1) is 0 Å².